The fourth-order valence-corrected chi connectivity index (χ4v) is 3.71. The first-order valence-electron chi connectivity index (χ1n) is 10.3. The van der Waals surface area contributed by atoms with Gasteiger partial charge in [-0.2, -0.15) is 0 Å². The van der Waals surface area contributed by atoms with Crippen molar-refractivity contribution >= 4 is 29.9 Å². The van der Waals surface area contributed by atoms with Gasteiger partial charge in [0.2, 0.25) is 0 Å². The average molecular weight is 535 g/mol. The van der Waals surface area contributed by atoms with Gasteiger partial charge in [-0.15, -0.1) is 24.0 Å². The molecule has 2 aliphatic heterocycles. The zero-order chi connectivity index (χ0) is 20.6. The molecule has 1 aromatic rings. The highest BCUT2D eigenvalue weighted by Crippen LogP contribution is 2.27. The van der Waals surface area contributed by atoms with Crippen LogP contribution in [0.3, 0.4) is 0 Å². The van der Waals surface area contributed by atoms with Gasteiger partial charge in [-0.1, -0.05) is 0 Å². The highest BCUT2D eigenvalue weighted by Gasteiger charge is 2.32. The van der Waals surface area contributed by atoms with Crippen molar-refractivity contribution in [1.29, 1.82) is 0 Å². The van der Waals surface area contributed by atoms with E-state index in [1.807, 2.05) is 6.92 Å². The van der Waals surface area contributed by atoms with Crippen LogP contribution in [0.4, 0.5) is 0 Å². The van der Waals surface area contributed by atoms with Crippen LogP contribution in [0, 0.1) is 0 Å². The van der Waals surface area contributed by atoms with Crippen molar-refractivity contribution in [3.05, 3.63) is 23.8 Å². The number of halogens is 1. The highest BCUT2D eigenvalue weighted by molar-refractivity contribution is 14.0. The Morgan fingerprint density at radius 3 is 2.50 bits per heavy atom. The number of nitrogens with zero attached hydrogens (tertiary/aromatic N) is 2. The van der Waals surface area contributed by atoms with Gasteiger partial charge in [0.15, 0.2) is 5.96 Å². The van der Waals surface area contributed by atoms with Crippen LogP contribution >= 0.6 is 24.0 Å². The maximum atomic E-state index is 10.7. The largest absolute Gasteiger partial charge is 0.497 e. The Morgan fingerprint density at radius 1 is 1.20 bits per heavy atom. The second-order valence-corrected chi connectivity index (χ2v) is 7.26. The van der Waals surface area contributed by atoms with Crippen molar-refractivity contribution in [2.75, 3.05) is 53.6 Å². The number of hydrogen-bond acceptors (Lipinski definition) is 6. The molecule has 9 heteroatoms. The molecular formula is C21H34IN3O5. The molecule has 170 valence electrons. The summed E-state index contributed by atoms with van der Waals surface area (Å²) in [5.74, 6) is 2.07. The normalized spacial score (nSPS) is 22.9. The van der Waals surface area contributed by atoms with Crippen LogP contribution in [-0.4, -0.2) is 81.8 Å². The molecule has 2 heterocycles. The van der Waals surface area contributed by atoms with Crippen LogP contribution in [0.1, 0.15) is 31.4 Å². The minimum atomic E-state index is -0.761. The first kappa shape index (κ1) is 25.0. The van der Waals surface area contributed by atoms with E-state index in [4.69, 9.17) is 18.9 Å². The van der Waals surface area contributed by atoms with Crippen LogP contribution in [0.5, 0.6) is 11.5 Å². The molecule has 0 spiro atoms. The lowest BCUT2D eigenvalue weighted by Gasteiger charge is -2.37. The van der Waals surface area contributed by atoms with E-state index >= 15 is 0 Å². The van der Waals surface area contributed by atoms with Gasteiger partial charge < -0.3 is 34.3 Å². The predicted octanol–water partition coefficient (Wildman–Crippen LogP) is 2.20. The van der Waals surface area contributed by atoms with Crippen molar-refractivity contribution < 1.29 is 24.1 Å². The minimum Gasteiger partial charge on any atom is -0.497 e. The van der Waals surface area contributed by atoms with E-state index in [1.165, 1.54) is 0 Å². The third-order valence-corrected chi connectivity index (χ3v) is 5.28. The second-order valence-electron chi connectivity index (χ2n) is 7.26. The number of morpholine rings is 1. The van der Waals surface area contributed by atoms with Crippen molar-refractivity contribution in [2.24, 2.45) is 4.99 Å². The summed E-state index contributed by atoms with van der Waals surface area (Å²) in [7, 11) is 3.19. The zero-order valence-corrected chi connectivity index (χ0v) is 20.3. The molecular weight excluding hydrogens is 501 g/mol. The molecule has 3 unspecified atom stereocenters. The SMILES string of the molecule is CCNC(=NCC(O)c1cc(OC)cc(OC)c1)N1CCOC(C2CCCO2)C1.I. The lowest BCUT2D eigenvalue weighted by molar-refractivity contribution is -0.0817. The molecule has 30 heavy (non-hydrogen) atoms. The summed E-state index contributed by atoms with van der Waals surface area (Å²) in [6.45, 7) is 5.98. The summed E-state index contributed by atoms with van der Waals surface area (Å²) in [5.41, 5.74) is 0.708. The number of nitrogens with one attached hydrogen (secondary N) is 1. The lowest BCUT2D eigenvalue weighted by atomic mass is 10.1. The molecule has 0 amide bonds. The molecule has 1 aromatic carbocycles. The zero-order valence-electron chi connectivity index (χ0n) is 18.0. The van der Waals surface area contributed by atoms with Crippen molar-refractivity contribution in [3.8, 4) is 11.5 Å². The second kappa shape index (κ2) is 12.5. The van der Waals surface area contributed by atoms with Gasteiger partial charge >= 0.3 is 0 Å². The van der Waals surface area contributed by atoms with E-state index in [-0.39, 0.29) is 42.7 Å². The van der Waals surface area contributed by atoms with E-state index in [0.29, 0.717) is 23.7 Å². The van der Waals surface area contributed by atoms with Crippen molar-refractivity contribution in [1.82, 2.24) is 10.2 Å². The molecule has 0 aliphatic carbocycles. The standard InChI is InChI=1S/C21H33N3O5.HI/c1-4-22-21(24-7-9-29-20(14-24)19-6-5-8-28-19)23-13-18(25)15-10-16(26-2)12-17(11-15)27-3;/h10-12,18-20,25H,4-9,13-14H2,1-3H3,(H,22,23);1H. The molecule has 2 N–H and O–H groups in total. The molecule has 8 nitrogen and oxygen atoms in total. The molecule has 0 aromatic heterocycles. The van der Waals surface area contributed by atoms with Crippen LogP contribution < -0.4 is 14.8 Å². The Bertz CT molecular complexity index is 662. The number of rotatable bonds is 7. The van der Waals surface area contributed by atoms with Gasteiger partial charge in [0.25, 0.3) is 0 Å². The number of methoxy groups -OCH3 is 2. The molecule has 0 saturated carbocycles. The Labute approximate surface area is 195 Å². The van der Waals surface area contributed by atoms with Gasteiger partial charge in [0, 0.05) is 32.3 Å². The number of aliphatic hydroxyl groups is 1. The smallest absolute Gasteiger partial charge is 0.194 e. The Kier molecular flexibility index (Phi) is 10.4. The monoisotopic (exact) mass is 535 g/mol. The Balaban J connectivity index is 0.00000320. The topological polar surface area (TPSA) is 84.8 Å². The van der Waals surface area contributed by atoms with E-state index in [2.05, 4.69) is 15.2 Å². The summed E-state index contributed by atoms with van der Waals surface area (Å²) in [6, 6.07) is 5.39. The lowest BCUT2D eigenvalue weighted by Crippen LogP contribution is -2.53. The number of guanidine groups is 1. The minimum absolute atomic E-state index is 0. The molecule has 0 bridgehead atoms. The van der Waals surface area contributed by atoms with Gasteiger partial charge in [0.1, 0.15) is 17.6 Å². The average Bonchev–Trinajstić information content (AvgIpc) is 3.31. The number of aliphatic hydroxyl groups excluding tert-OH is 1. The van der Waals surface area contributed by atoms with Gasteiger partial charge in [-0.25, -0.2) is 0 Å². The first-order valence-corrected chi connectivity index (χ1v) is 10.3. The molecule has 0 radical (unpaired) electrons. The summed E-state index contributed by atoms with van der Waals surface area (Å²) in [5, 5.41) is 14.0. The molecule has 3 atom stereocenters. The highest BCUT2D eigenvalue weighted by atomic mass is 127. The maximum absolute atomic E-state index is 10.7. The van der Waals surface area contributed by atoms with Gasteiger partial charge in [0.05, 0.1) is 39.6 Å². The first-order chi connectivity index (χ1) is 14.1. The summed E-state index contributed by atoms with van der Waals surface area (Å²) in [4.78, 5) is 6.88. The third-order valence-electron chi connectivity index (χ3n) is 5.28. The number of hydrogen-bond donors (Lipinski definition) is 2. The number of ether oxygens (including phenoxy) is 4. The quantitative estimate of drug-likeness (QED) is 0.315. The summed E-state index contributed by atoms with van der Waals surface area (Å²) < 4.78 is 22.3. The van der Waals surface area contributed by atoms with E-state index < -0.39 is 6.10 Å². The van der Waals surface area contributed by atoms with Crippen LogP contribution in [-0.2, 0) is 9.47 Å². The van der Waals surface area contributed by atoms with E-state index in [1.54, 1.807) is 32.4 Å². The summed E-state index contributed by atoms with van der Waals surface area (Å²) >= 11 is 0. The Morgan fingerprint density at radius 2 is 1.90 bits per heavy atom. The summed E-state index contributed by atoms with van der Waals surface area (Å²) in [6.07, 6.45) is 1.60. The molecule has 2 aliphatic rings. The third kappa shape index (κ3) is 6.60. The molecule has 2 fully saturated rings. The predicted molar refractivity (Wildman–Crippen MR) is 126 cm³/mol. The van der Waals surface area contributed by atoms with Crippen LogP contribution in [0.25, 0.3) is 0 Å². The fraction of sp³-hybridized carbons (Fsp3) is 0.667. The van der Waals surface area contributed by atoms with Crippen molar-refractivity contribution in [3.63, 3.8) is 0 Å². The van der Waals surface area contributed by atoms with E-state index in [9.17, 15) is 5.11 Å². The number of benzene rings is 1. The van der Waals surface area contributed by atoms with Crippen LogP contribution in [0.2, 0.25) is 0 Å². The van der Waals surface area contributed by atoms with Gasteiger partial charge in [-0.3, -0.25) is 4.99 Å². The molecule has 2 saturated heterocycles. The van der Waals surface area contributed by atoms with E-state index in [0.717, 1.165) is 45.0 Å². The Hall–Kier alpha value is -1.30. The number of aliphatic imine (C=N–C) groups is 1. The maximum Gasteiger partial charge on any atom is 0.194 e. The fourth-order valence-electron chi connectivity index (χ4n) is 3.71. The van der Waals surface area contributed by atoms with Gasteiger partial charge in [-0.05, 0) is 37.5 Å². The molecule has 3 rings (SSSR count). The van der Waals surface area contributed by atoms with Crippen molar-refractivity contribution in [2.45, 2.75) is 38.1 Å². The van der Waals surface area contributed by atoms with Crippen LogP contribution in [0.15, 0.2) is 23.2 Å².